The highest BCUT2D eigenvalue weighted by atomic mass is 32.2. The summed E-state index contributed by atoms with van der Waals surface area (Å²) in [5, 5.41) is 25.5. The fourth-order valence-corrected chi connectivity index (χ4v) is 3.26. The molecule has 0 heterocycles. The number of nitrogens with one attached hydrogen (secondary N) is 3. The van der Waals surface area contributed by atoms with Crippen LogP contribution in [0, 0.1) is 5.92 Å². The first-order valence-corrected chi connectivity index (χ1v) is 12.1. The van der Waals surface area contributed by atoms with E-state index < -0.39 is 72.1 Å². The van der Waals surface area contributed by atoms with E-state index in [0.717, 1.165) is 0 Å². The minimum absolute atomic E-state index is 0.0204. The van der Waals surface area contributed by atoms with Gasteiger partial charge < -0.3 is 37.6 Å². The van der Waals surface area contributed by atoms with Crippen molar-refractivity contribution < 1.29 is 39.0 Å². The molecule has 34 heavy (non-hydrogen) atoms. The highest BCUT2D eigenvalue weighted by molar-refractivity contribution is 7.98. The van der Waals surface area contributed by atoms with Gasteiger partial charge in [-0.25, -0.2) is 4.79 Å². The molecule has 0 aliphatic rings. The van der Waals surface area contributed by atoms with Crippen LogP contribution in [0.2, 0.25) is 0 Å². The average Bonchev–Trinajstić information content (AvgIpc) is 2.74. The Balaban J connectivity index is 5.49. The first-order chi connectivity index (χ1) is 15.8. The van der Waals surface area contributed by atoms with E-state index in [1.54, 1.807) is 20.1 Å². The Morgan fingerprint density at radius 3 is 1.82 bits per heavy atom. The molecule has 4 amide bonds. The Morgan fingerprint density at radius 1 is 0.824 bits per heavy atom. The molecule has 13 nitrogen and oxygen atoms in total. The van der Waals surface area contributed by atoms with Crippen LogP contribution in [0.1, 0.15) is 46.0 Å². The molecule has 4 unspecified atom stereocenters. The van der Waals surface area contributed by atoms with Gasteiger partial charge in [-0.15, -0.1) is 0 Å². The zero-order chi connectivity index (χ0) is 26.4. The summed E-state index contributed by atoms with van der Waals surface area (Å²) in [6, 6.07) is -4.78. The molecule has 194 valence electrons. The first-order valence-electron chi connectivity index (χ1n) is 10.7. The number of amides is 4. The third-order valence-electron chi connectivity index (χ3n) is 4.79. The van der Waals surface area contributed by atoms with Crippen molar-refractivity contribution in [3.05, 3.63) is 0 Å². The molecule has 0 saturated carbocycles. The molecule has 0 aromatic carbocycles. The molecule has 14 heteroatoms. The number of carboxylic acid groups (broad SMARTS) is 2. The zero-order valence-electron chi connectivity index (χ0n) is 19.5. The van der Waals surface area contributed by atoms with Crippen LogP contribution in [0.5, 0.6) is 0 Å². The fourth-order valence-electron chi connectivity index (χ4n) is 2.79. The molecule has 0 aliphatic carbocycles. The lowest BCUT2D eigenvalue weighted by molar-refractivity contribution is -0.144. The van der Waals surface area contributed by atoms with Gasteiger partial charge in [0.2, 0.25) is 23.6 Å². The molecule has 0 bridgehead atoms. The number of aliphatic carboxylic acids is 2. The van der Waals surface area contributed by atoms with Crippen LogP contribution in [-0.2, 0) is 28.8 Å². The van der Waals surface area contributed by atoms with Crippen molar-refractivity contribution >= 4 is 47.3 Å². The summed E-state index contributed by atoms with van der Waals surface area (Å²) >= 11 is 1.41. The molecule has 0 fully saturated rings. The summed E-state index contributed by atoms with van der Waals surface area (Å²) in [6.07, 6.45) is 1.08. The Labute approximate surface area is 202 Å². The van der Waals surface area contributed by atoms with Gasteiger partial charge in [-0.05, 0) is 37.2 Å². The summed E-state index contributed by atoms with van der Waals surface area (Å²) in [4.78, 5) is 71.3. The Hall–Kier alpha value is -2.87. The lowest BCUT2D eigenvalue weighted by atomic mass is 10.0. The van der Waals surface area contributed by atoms with Crippen LogP contribution >= 0.6 is 11.8 Å². The maximum absolute atomic E-state index is 12.9. The highest BCUT2D eigenvalue weighted by Gasteiger charge is 2.31. The average molecular weight is 506 g/mol. The van der Waals surface area contributed by atoms with Crippen molar-refractivity contribution in [2.75, 3.05) is 12.0 Å². The number of carbonyl (C=O) groups excluding carboxylic acids is 4. The molecule has 0 rings (SSSR count). The molecular weight excluding hydrogens is 470 g/mol. The maximum Gasteiger partial charge on any atom is 0.326 e. The number of carboxylic acids is 2. The van der Waals surface area contributed by atoms with Crippen molar-refractivity contribution in [3.63, 3.8) is 0 Å². The maximum atomic E-state index is 12.9. The van der Waals surface area contributed by atoms with E-state index in [9.17, 15) is 33.9 Å². The number of primary amides is 1. The van der Waals surface area contributed by atoms with Crippen LogP contribution in [0.4, 0.5) is 0 Å². The van der Waals surface area contributed by atoms with Gasteiger partial charge in [0.15, 0.2) is 0 Å². The second-order valence-electron chi connectivity index (χ2n) is 8.02. The third kappa shape index (κ3) is 12.4. The lowest BCUT2D eigenvalue weighted by Crippen LogP contribution is -2.57. The van der Waals surface area contributed by atoms with Gasteiger partial charge >= 0.3 is 11.9 Å². The van der Waals surface area contributed by atoms with Gasteiger partial charge in [-0.2, -0.15) is 11.8 Å². The Morgan fingerprint density at radius 2 is 1.35 bits per heavy atom. The van der Waals surface area contributed by atoms with Gasteiger partial charge in [-0.1, -0.05) is 13.8 Å². The third-order valence-corrected chi connectivity index (χ3v) is 5.44. The van der Waals surface area contributed by atoms with Crippen LogP contribution < -0.4 is 27.4 Å². The summed E-state index contributed by atoms with van der Waals surface area (Å²) in [7, 11) is 0. The van der Waals surface area contributed by atoms with Gasteiger partial charge in [0.05, 0.1) is 6.04 Å². The largest absolute Gasteiger partial charge is 0.481 e. The molecular formula is C20H35N5O8S. The van der Waals surface area contributed by atoms with E-state index in [2.05, 4.69) is 16.0 Å². The minimum Gasteiger partial charge on any atom is -0.481 e. The normalized spacial score (nSPS) is 14.4. The Bertz CT molecular complexity index is 748. The number of hydrogen-bond donors (Lipinski definition) is 7. The van der Waals surface area contributed by atoms with E-state index in [1.165, 1.54) is 11.8 Å². The van der Waals surface area contributed by atoms with Crippen molar-refractivity contribution in [2.24, 2.45) is 17.4 Å². The van der Waals surface area contributed by atoms with Gasteiger partial charge in [0.25, 0.3) is 0 Å². The SMILES string of the molecule is CSCCC(NC(=O)C(N)CCC(N)=O)C(=O)NC(CCC(=O)O)C(=O)NC(C(=O)O)C(C)C. The van der Waals surface area contributed by atoms with Crippen molar-refractivity contribution in [2.45, 2.75) is 70.1 Å². The zero-order valence-corrected chi connectivity index (χ0v) is 20.4. The predicted molar refractivity (Wildman–Crippen MR) is 125 cm³/mol. The molecule has 4 atom stereocenters. The van der Waals surface area contributed by atoms with Crippen LogP contribution in [0.25, 0.3) is 0 Å². The smallest absolute Gasteiger partial charge is 0.326 e. The molecule has 0 aliphatic heterocycles. The van der Waals surface area contributed by atoms with Gasteiger partial charge in [0, 0.05) is 12.8 Å². The van der Waals surface area contributed by atoms with Gasteiger partial charge in [0.1, 0.15) is 18.1 Å². The van der Waals surface area contributed by atoms with Crippen LogP contribution in [0.15, 0.2) is 0 Å². The molecule has 0 saturated heterocycles. The van der Waals surface area contributed by atoms with Crippen molar-refractivity contribution in [1.29, 1.82) is 0 Å². The van der Waals surface area contributed by atoms with Crippen LogP contribution in [0.3, 0.4) is 0 Å². The number of rotatable bonds is 17. The summed E-state index contributed by atoms with van der Waals surface area (Å²) < 4.78 is 0. The van der Waals surface area contributed by atoms with Crippen molar-refractivity contribution in [1.82, 2.24) is 16.0 Å². The monoisotopic (exact) mass is 505 g/mol. The van der Waals surface area contributed by atoms with Crippen LogP contribution in [-0.4, -0.2) is 82.0 Å². The van der Waals surface area contributed by atoms with E-state index in [0.29, 0.717) is 5.75 Å². The second-order valence-corrected chi connectivity index (χ2v) is 9.00. The van der Waals surface area contributed by atoms with Crippen molar-refractivity contribution in [3.8, 4) is 0 Å². The summed E-state index contributed by atoms with van der Waals surface area (Å²) in [6.45, 7) is 3.17. The van der Waals surface area contributed by atoms with E-state index in [1.807, 2.05) is 0 Å². The number of thioether (sulfide) groups is 1. The topological polar surface area (TPSA) is 231 Å². The van der Waals surface area contributed by atoms with Gasteiger partial charge in [-0.3, -0.25) is 24.0 Å². The molecule has 0 spiro atoms. The number of nitrogens with two attached hydrogens (primary N) is 2. The Kier molecular flexibility index (Phi) is 14.5. The number of hydrogen-bond acceptors (Lipinski definition) is 8. The predicted octanol–water partition coefficient (Wildman–Crippen LogP) is -1.61. The second kappa shape index (κ2) is 15.9. The van der Waals surface area contributed by atoms with E-state index in [4.69, 9.17) is 16.6 Å². The quantitative estimate of drug-likeness (QED) is 0.119. The molecule has 0 radical (unpaired) electrons. The lowest BCUT2D eigenvalue weighted by Gasteiger charge is -2.25. The molecule has 0 aromatic rings. The molecule has 9 N–H and O–H groups in total. The fraction of sp³-hybridized carbons (Fsp3) is 0.700. The standard InChI is InChI=1S/C20H35N5O8S/c1-10(2)16(20(32)33)25-19(31)12(5-7-15(27)28)24-18(30)13(8-9-34-3)23-17(29)11(21)4-6-14(22)26/h10-13,16H,4-9,21H2,1-3H3,(H2,22,26)(H,23,29)(H,24,30)(H,25,31)(H,27,28)(H,32,33). The number of carbonyl (C=O) groups is 6. The summed E-state index contributed by atoms with van der Waals surface area (Å²) in [5.41, 5.74) is 10.8. The van der Waals surface area contributed by atoms with E-state index >= 15 is 0 Å². The summed E-state index contributed by atoms with van der Waals surface area (Å²) in [5.74, 6) is -5.42. The van der Waals surface area contributed by atoms with E-state index in [-0.39, 0.29) is 25.7 Å². The first kappa shape index (κ1) is 31.1. The minimum atomic E-state index is -1.35. The highest BCUT2D eigenvalue weighted by Crippen LogP contribution is 2.07. The molecule has 0 aromatic heterocycles.